The molecule has 0 unspecified atom stereocenters. The quantitative estimate of drug-likeness (QED) is 0.840. The molecule has 1 aliphatic heterocycles. The van der Waals surface area contributed by atoms with Crippen molar-refractivity contribution in [3.05, 3.63) is 47.7 Å². The number of hydrogen-bond donors (Lipinski definition) is 1. The molecule has 0 spiro atoms. The van der Waals surface area contributed by atoms with Gasteiger partial charge in [0.15, 0.2) is 11.5 Å². The zero-order chi connectivity index (χ0) is 19.4. The first-order chi connectivity index (χ1) is 12.9. The Hall–Kier alpha value is -2.96. The Morgan fingerprint density at radius 1 is 1.00 bits per heavy atom. The van der Waals surface area contributed by atoms with Crippen LogP contribution in [-0.2, 0) is 10.2 Å². The number of carbonyl (C=O) groups is 2. The van der Waals surface area contributed by atoms with E-state index < -0.39 is 0 Å². The highest BCUT2D eigenvalue weighted by atomic mass is 16.2. The minimum Gasteiger partial charge on any atom is -0.342 e. The highest BCUT2D eigenvalue weighted by Gasteiger charge is 2.22. The fraction of sp³-hybridized carbons (Fsp3) is 0.400. The topological polar surface area (TPSA) is 78.4 Å². The Morgan fingerprint density at radius 3 is 2.19 bits per heavy atom. The Labute approximate surface area is 159 Å². The van der Waals surface area contributed by atoms with Crippen molar-refractivity contribution in [3.63, 3.8) is 0 Å². The molecule has 2 heterocycles. The van der Waals surface area contributed by atoms with Gasteiger partial charge in [-0.3, -0.25) is 9.59 Å². The second-order valence-corrected chi connectivity index (χ2v) is 7.69. The summed E-state index contributed by atoms with van der Waals surface area (Å²) in [5.74, 6) is 0.426. The van der Waals surface area contributed by atoms with Crippen LogP contribution in [-0.4, -0.2) is 58.5 Å². The standard InChI is InChI=1S/C20H25N5O2/c1-20(2,3)15-4-6-16(7-5-15)21-18-9-8-17(22-23-18)19(27)25-12-10-24(14-26)11-13-25/h4-9,14H,10-13H2,1-3H3,(H,21,23). The Kier molecular flexibility index (Phi) is 5.39. The van der Waals surface area contributed by atoms with Gasteiger partial charge < -0.3 is 15.1 Å². The van der Waals surface area contributed by atoms with Gasteiger partial charge in [-0.25, -0.2) is 0 Å². The molecule has 2 amide bonds. The predicted octanol–water partition coefficient (Wildman–Crippen LogP) is 2.43. The molecule has 1 aromatic carbocycles. The van der Waals surface area contributed by atoms with E-state index in [2.05, 4.69) is 48.4 Å². The molecule has 1 aromatic heterocycles. The molecule has 7 heteroatoms. The van der Waals surface area contributed by atoms with E-state index in [-0.39, 0.29) is 11.3 Å². The maximum atomic E-state index is 12.5. The first-order valence-electron chi connectivity index (χ1n) is 9.07. The van der Waals surface area contributed by atoms with Crippen LogP contribution in [0.5, 0.6) is 0 Å². The van der Waals surface area contributed by atoms with Gasteiger partial charge in [0, 0.05) is 31.9 Å². The van der Waals surface area contributed by atoms with Gasteiger partial charge in [-0.2, -0.15) is 0 Å². The van der Waals surface area contributed by atoms with Gasteiger partial charge in [0.25, 0.3) is 5.91 Å². The maximum absolute atomic E-state index is 12.5. The summed E-state index contributed by atoms with van der Waals surface area (Å²) in [4.78, 5) is 26.6. The van der Waals surface area contributed by atoms with Crippen LogP contribution in [0.2, 0.25) is 0 Å². The summed E-state index contributed by atoms with van der Waals surface area (Å²) < 4.78 is 0. The van der Waals surface area contributed by atoms with Gasteiger partial charge in [-0.1, -0.05) is 32.9 Å². The second-order valence-electron chi connectivity index (χ2n) is 7.69. The average Bonchev–Trinajstić information content (AvgIpc) is 2.68. The molecule has 0 bridgehead atoms. The van der Waals surface area contributed by atoms with Crippen molar-refractivity contribution in [1.82, 2.24) is 20.0 Å². The molecule has 0 atom stereocenters. The summed E-state index contributed by atoms with van der Waals surface area (Å²) in [5.41, 5.74) is 2.59. The van der Waals surface area contributed by atoms with E-state index in [1.807, 2.05) is 12.1 Å². The van der Waals surface area contributed by atoms with Crippen LogP contribution in [0.25, 0.3) is 0 Å². The lowest BCUT2D eigenvalue weighted by Gasteiger charge is -2.32. The number of benzene rings is 1. The number of rotatable bonds is 4. The first-order valence-corrected chi connectivity index (χ1v) is 9.07. The third-order valence-corrected chi connectivity index (χ3v) is 4.66. The summed E-state index contributed by atoms with van der Waals surface area (Å²) in [5, 5.41) is 11.4. The minimum atomic E-state index is -0.158. The molecule has 1 fully saturated rings. The molecular formula is C20H25N5O2. The van der Waals surface area contributed by atoms with Crippen molar-refractivity contribution in [2.45, 2.75) is 26.2 Å². The molecule has 0 radical (unpaired) electrons. The summed E-state index contributed by atoms with van der Waals surface area (Å²) in [6.45, 7) is 8.65. The molecule has 3 rings (SSSR count). The summed E-state index contributed by atoms with van der Waals surface area (Å²) in [6.07, 6.45) is 0.816. The van der Waals surface area contributed by atoms with E-state index in [1.54, 1.807) is 21.9 Å². The number of anilines is 2. The maximum Gasteiger partial charge on any atom is 0.274 e. The molecule has 7 nitrogen and oxygen atoms in total. The van der Waals surface area contributed by atoms with Crippen molar-refractivity contribution >= 4 is 23.8 Å². The molecular weight excluding hydrogens is 342 g/mol. The van der Waals surface area contributed by atoms with Crippen LogP contribution in [0.1, 0.15) is 36.8 Å². The van der Waals surface area contributed by atoms with E-state index in [0.29, 0.717) is 37.7 Å². The monoisotopic (exact) mass is 367 g/mol. The van der Waals surface area contributed by atoms with Gasteiger partial charge in [-0.15, -0.1) is 10.2 Å². The van der Waals surface area contributed by atoms with E-state index >= 15 is 0 Å². The second kappa shape index (κ2) is 7.73. The number of nitrogens with zero attached hydrogens (tertiary/aromatic N) is 4. The smallest absolute Gasteiger partial charge is 0.274 e. The van der Waals surface area contributed by atoms with Crippen molar-refractivity contribution in [3.8, 4) is 0 Å². The normalized spacial score (nSPS) is 14.8. The lowest BCUT2D eigenvalue weighted by Crippen LogP contribution is -2.48. The van der Waals surface area contributed by atoms with Crippen LogP contribution in [0, 0.1) is 0 Å². The van der Waals surface area contributed by atoms with E-state index in [4.69, 9.17) is 0 Å². The fourth-order valence-electron chi connectivity index (χ4n) is 2.91. The van der Waals surface area contributed by atoms with E-state index in [1.165, 1.54) is 5.56 Å². The Morgan fingerprint density at radius 2 is 1.67 bits per heavy atom. The number of aromatic nitrogens is 2. The Balaban J connectivity index is 1.62. The van der Waals surface area contributed by atoms with Crippen molar-refractivity contribution in [2.24, 2.45) is 0 Å². The van der Waals surface area contributed by atoms with Gasteiger partial charge in [0.05, 0.1) is 0 Å². The van der Waals surface area contributed by atoms with Crippen molar-refractivity contribution < 1.29 is 9.59 Å². The number of carbonyl (C=O) groups excluding carboxylic acids is 2. The molecule has 1 saturated heterocycles. The molecule has 1 aliphatic rings. The summed E-state index contributed by atoms with van der Waals surface area (Å²) in [6, 6.07) is 11.6. The zero-order valence-corrected chi connectivity index (χ0v) is 16.0. The van der Waals surface area contributed by atoms with Gasteiger partial charge >= 0.3 is 0 Å². The molecule has 1 N–H and O–H groups in total. The minimum absolute atomic E-state index is 0.109. The largest absolute Gasteiger partial charge is 0.342 e. The van der Waals surface area contributed by atoms with Crippen molar-refractivity contribution in [2.75, 3.05) is 31.5 Å². The van der Waals surface area contributed by atoms with Crippen LogP contribution in [0.4, 0.5) is 11.5 Å². The van der Waals surface area contributed by atoms with Crippen LogP contribution in [0.15, 0.2) is 36.4 Å². The third-order valence-electron chi connectivity index (χ3n) is 4.66. The van der Waals surface area contributed by atoms with Gasteiger partial charge in [-0.05, 0) is 35.2 Å². The molecule has 142 valence electrons. The Bertz CT molecular complexity index is 789. The number of hydrogen-bond acceptors (Lipinski definition) is 5. The highest BCUT2D eigenvalue weighted by molar-refractivity contribution is 5.92. The first kappa shape index (κ1) is 18.8. The molecule has 2 aromatic rings. The molecule has 27 heavy (non-hydrogen) atoms. The SMILES string of the molecule is CC(C)(C)c1ccc(Nc2ccc(C(=O)N3CCN(C=O)CC3)nn2)cc1. The predicted molar refractivity (Wildman–Crippen MR) is 104 cm³/mol. The van der Waals surface area contributed by atoms with Gasteiger partial charge in [0.1, 0.15) is 0 Å². The summed E-state index contributed by atoms with van der Waals surface area (Å²) >= 11 is 0. The van der Waals surface area contributed by atoms with Crippen molar-refractivity contribution in [1.29, 1.82) is 0 Å². The molecule has 0 saturated carbocycles. The number of amides is 2. The van der Waals surface area contributed by atoms with Crippen LogP contribution < -0.4 is 5.32 Å². The average molecular weight is 367 g/mol. The highest BCUT2D eigenvalue weighted by Crippen LogP contribution is 2.24. The lowest BCUT2D eigenvalue weighted by molar-refractivity contribution is -0.119. The third kappa shape index (κ3) is 4.61. The van der Waals surface area contributed by atoms with Crippen LogP contribution >= 0.6 is 0 Å². The zero-order valence-electron chi connectivity index (χ0n) is 16.0. The summed E-state index contributed by atoms with van der Waals surface area (Å²) in [7, 11) is 0. The lowest BCUT2D eigenvalue weighted by atomic mass is 9.87. The van der Waals surface area contributed by atoms with E-state index in [9.17, 15) is 9.59 Å². The van der Waals surface area contributed by atoms with Crippen LogP contribution in [0.3, 0.4) is 0 Å². The van der Waals surface area contributed by atoms with E-state index in [0.717, 1.165) is 12.1 Å². The molecule has 0 aliphatic carbocycles. The van der Waals surface area contributed by atoms with Gasteiger partial charge in [0.2, 0.25) is 6.41 Å². The fourth-order valence-corrected chi connectivity index (χ4v) is 2.91. The number of piperazine rings is 1. The number of nitrogens with one attached hydrogen (secondary N) is 1.